The fourth-order valence-electron chi connectivity index (χ4n) is 0. The second-order valence-corrected chi connectivity index (χ2v) is 2.30. The minimum Gasteiger partial charge on any atom is -0.870 e. The van der Waals surface area contributed by atoms with Crippen LogP contribution in [0.2, 0.25) is 0 Å². The van der Waals surface area contributed by atoms with Crippen molar-refractivity contribution in [3.8, 4) is 0 Å². The summed E-state index contributed by atoms with van der Waals surface area (Å²) >= 11 is 0. The van der Waals surface area contributed by atoms with E-state index in [1.54, 1.807) is 0 Å². The van der Waals surface area contributed by atoms with Crippen molar-refractivity contribution in [3.05, 3.63) is 12.8 Å². The molecule has 0 spiro atoms. The van der Waals surface area contributed by atoms with Crippen LogP contribution >= 0.6 is 0 Å². The van der Waals surface area contributed by atoms with Gasteiger partial charge in [0.1, 0.15) is 0 Å². The van der Waals surface area contributed by atoms with Crippen LogP contribution < -0.4 is 6.15 Å². The molecule has 0 heterocycles. The summed E-state index contributed by atoms with van der Waals surface area (Å²) in [6, 6.07) is 0. The molecular weight excluding hydrogens is 104 g/mol. The molecular formula is C5H16N2O. The Bertz CT molecular complexity index is 55.9. The summed E-state index contributed by atoms with van der Waals surface area (Å²) in [5.74, 6) is 0. The van der Waals surface area contributed by atoms with Gasteiger partial charge in [0.2, 0.25) is 0 Å². The molecule has 0 aliphatic heterocycles. The number of hydrogen-bond acceptors (Lipinski definition) is 2. The largest absolute Gasteiger partial charge is 0.870 e. The summed E-state index contributed by atoms with van der Waals surface area (Å²) in [5.41, 5.74) is 0. The van der Waals surface area contributed by atoms with Gasteiger partial charge in [-0.25, -0.2) is 0 Å². The maximum absolute atomic E-state index is 3.60. The Morgan fingerprint density at radius 1 is 1.25 bits per heavy atom. The zero-order valence-electron chi connectivity index (χ0n) is 5.89. The lowest BCUT2D eigenvalue weighted by Gasteiger charge is -2.15. The average molecular weight is 120 g/mol. The molecule has 0 aromatic rings. The Hall–Kier alpha value is -0.380. The van der Waals surface area contributed by atoms with E-state index in [9.17, 15) is 0 Å². The Morgan fingerprint density at radius 3 is 1.38 bits per heavy atom. The molecule has 0 fully saturated rings. The van der Waals surface area contributed by atoms with Crippen molar-refractivity contribution in [3.63, 3.8) is 0 Å². The van der Waals surface area contributed by atoms with Gasteiger partial charge in [0.25, 0.3) is 0 Å². The summed E-state index contributed by atoms with van der Waals surface area (Å²) in [6.07, 6.45) is 1.88. The van der Waals surface area contributed by atoms with Gasteiger partial charge in [0.05, 0.1) is 27.3 Å². The first-order valence-corrected chi connectivity index (χ1v) is 2.01. The van der Waals surface area contributed by atoms with E-state index in [1.165, 1.54) is 0 Å². The third-order valence-electron chi connectivity index (χ3n) is 0.548. The van der Waals surface area contributed by atoms with E-state index in [0.29, 0.717) is 0 Å². The van der Waals surface area contributed by atoms with Crippen LogP contribution in [0.15, 0.2) is 12.8 Å². The van der Waals surface area contributed by atoms with Gasteiger partial charge >= 0.3 is 0 Å². The molecule has 52 valence electrons. The number of rotatable bonds is 1. The molecule has 0 aromatic heterocycles. The van der Waals surface area contributed by atoms with Crippen molar-refractivity contribution in [2.75, 3.05) is 21.1 Å². The van der Waals surface area contributed by atoms with E-state index in [-0.39, 0.29) is 11.6 Å². The predicted molar refractivity (Wildman–Crippen MR) is 35.2 cm³/mol. The Morgan fingerprint density at radius 2 is 1.38 bits per heavy atom. The second kappa shape index (κ2) is 4.77. The first-order valence-electron chi connectivity index (χ1n) is 2.01. The number of nitrogens with zero attached hydrogens (tertiary/aromatic N) is 1. The molecule has 0 radical (unpaired) electrons. The van der Waals surface area contributed by atoms with Gasteiger partial charge in [0.15, 0.2) is 0 Å². The van der Waals surface area contributed by atoms with Gasteiger partial charge in [-0.3, -0.25) is 0 Å². The maximum atomic E-state index is 3.60. The highest BCUT2D eigenvalue weighted by Gasteiger charge is 1.94. The average Bonchev–Trinajstić information content (AvgIpc) is 1.35. The van der Waals surface area contributed by atoms with Crippen LogP contribution in [-0.4, -0.2) is 31.1 Å². The molecule has 0 saturated heterocycles. The van der Waals surface area contributed by atoms with Crippen molar-refractivity contribution < 1.29 is 9.96 Å². The molecule has 0 unspecified atom stereocenters. The van der Waals surface area contributed by atoms with E-state index >= 15 is 0 Å². The van der Waals surface area contributed by atoms with Crippen LogP contribution in [-0.2, 0) is 0 Å². The summed E-state index contributed by atoms with van der Waals surface area (Å²) in [4.78, 5) is 0. The molecule has 0 bridgehead atoms. The molecule has 0 rings (SSSR count). The normalized spacial score (nSPS) is 8.38. The van der Waals surface area contributed by atoms with Crippen LogP contribution in [0.25, 0.3) is 0 Å². The SMILES string of the molecule is C=C[N+](C)(C)C.N.[OH-]. The van der Waals surface area contributed by atoms with Gasteiger partial charge in [-0.05, 0) is 6.58 Å². The summed E-state index contributed by atoms with van der Waals surface area (Å²) < 4.78 is 0.833. The van der Waals surface area contributed by atoms with Crippen molar-refractivity contribution >= 4 is 0 Å². The molecule has 8 heavy (non-hydrogen) atoms. The van der Waals surface area contributed by atoms with Crippen molar-refractivity contribution in [1.82, 2.24) is 6.15 Å². The zero-order valence-corrected chi connectivity index (χ0v) is 5.89. The monoisotopic (exact) mass is 120 g/mol. The van der Waals surface area contributed by atoms with Crippen molar-refractivity contribution in [1.29, 1.82) is 0 Å². The van der Waals surface area contributed by atoms with Crippen LogP contribution in [0.1, 0.15) is 0 Å². The summed E-state index contributed by atoms with van der Waals surface area (Å²) in [7, 11) is 6.19. The lowest BCUT2D eigenvalue weighted by molar-refractivity contribution is -0.816. The van der Waals surface area contributed by atoms with Crippen molar-refractivity contribution in [2.24, 2.45) is 0 Å². The maximum Gasteiger partial charge on any atom is 0.0879 e. The smallest absolute Gasteiger partial charge is 0.0879 e. The quantitative estimate of drug-likeness (QED) is 0.521. The standard InChI is InChI=1S/C5H12N.H3N.H2O/c1-5-6(2,3)4;;/h5H,1H2,2-4H3;1H3;1H2/q+1;;/p-1. The molecule has 0 aliphatic carbocycles. The topological polar surface area (TPSA) is 65.0 Å². The molecule has 0 saturated carbocycles. The first kappa shape index (κ1) is 15.6. The van der Waals surface area contributed by atoms with Gasteiger partial charge < -0.3 is 16.1 Å². The van der Waals surface area contributed by atoms with Crippen LogP contribution in [0.3, 0.4) is 0 Å². The Balaban J connectivity index is -0.000000125. The highest BCUT2D eigenvalue weighted by Crippen LogP contribution is 1.85. The van der Waals surface area contributed by atoms with Crippen LogP contribution in [0, 0.1) is 0 Å². The highest BCUT2D eigenvalue weighted by molar-refractivity contribution is 4.46. The van der Waals surface area contributed by atoms with E-state index < -0.39 is 0 Å². The van der Waals surface area contributed by atoms with Gasteiger partial charge in [-0.1, -0.05) is 0 Å². The molecule has 3 heteroatoms. The third kappa shape index (κ3) is 17.5. The third-order valence-corrected chi connectivity index (χ3v) is 0.548. The summed E-state index contributed by atoms with van der Waals surface area (Å²) in [5, 5.41) is 0. The zero-order chi connectivity index (χ0) is 5.21. The lowest BCUT2D eigenvalue weighted by atomic mass is 10.7. The molecule has 0 amide bonds. The predicted octanol–water partition coefficient (Wildman–Crippen LogP) is 0.821. The molecule has 4 N–H and O–H groups in total. The first-order chi connectivity index (χ1) is 2.56. The Kier molecular flexibility index (Phi) is 9.33. The fraction of sp³-hybridized carbons (Fsp3) is 0.600. The Labute approximate surface area is 51.1 Å². The van der Waals surface area contributed by atoms with E-state index in [2.05, 4.69) is 27.7 Å². The van der Waals surface area contributed by atoms with E-state index in [0.717, 1.165) is 4.48 Å². The molecule has 3 nitrogen and oxygen atoms in total. The van der Waals surface area contributed by atoms with Gasteiger partial charge in [-0.2, -0.15) is 0 Å². The highest BCUT2D eigenvalue weighted by atomic mass is 16.0. The molecule has 0 atom stereocenters. The van der Waals surface area contributed by atoms with Crippen molar-refractivity contribution in [2.45, 2.75) is 0 Å². The van der Waals surface area contributed by atoms with Crippen LogP contribution in [0.5, 0.6) is 0 Å². The molecule has 0 aromatic carbocycles. The number of hydrogen-bond donors (Lipinski definition) is 1. The van der Waals surface area contributed by atoms with Gasteiger partial charge in [-0.15, -0.1) is 0 Å². The lowest BCUT2D eigenvalue weighted by Crippen LogP contribution is -2.25. The van der Waals surface area contributed by atoms with E-state index in [1.807, 2.05) is 6.20 Å². The summed E-state index contributed by atoms with van der Waals surface area (Å²) in [6.45, 7) is 3.60. The van der Waals surface area contributed by atoms with E-state index in [4.69, 9.17) is 0 Å². The minimum absolute atomic E-state index is 0. The fourth-order valence-corrected chi connectivity index (χ4v) is 0. The minimum atomic E-state index is 0. The molecule has 0 aliphatic rings. The second-order valence-electron chi connectivity index (χ2n) is 2.30. The van der Waals surface area contributed by atoms with Gasteiger partial charge in [0, 0.05) is 0 Å². The number of quaternary nitrogens is 1. The van der Waals surface area contributed by atoms with Crippen LogP contribution in [0.4, 0.5) is 0 Å².